The van der Waals surface area contributed by atoms with Crippen LogP contribution in [0.5, 0.6) is 0 Å². The fraction of sp³-hybridized carbons (Fsp3) is 0.958. The molecule has 0 fully saturated rings. The van der Waals surface area contributed by atoms with E-state index in [1.165, 1.54) is 276 Å². The number of rotatable bonds is 42. The van der Waals surface area contributed by atoms with Crippen LogP contribution >= 0.6 is 0 Å². The van der Waals surface area contributed by atoms with Crippen molar-refractivity contribution in [2.24, 2.45) is 0 Å². The molecule has 0 spiro atoms. The van der Waals surface area contributed by atoms with Gasteiger partial charge in [-0.1, -0.05) is 290 Å². The molecule has 0 heteroatoms. The fourth-order valence-corrected chi connectivity index (χ4v) is 7.23. The maximum Gasteiger partial charge on any atom is -0.0353 e. The van der Waals surface area contributed by atoms with Crippen molar-refractivity contribution >= 4 is 0 Å². The van der Waals surface area contributed by atoms with E-state index >= 15 is 0 Å². The molecule has 0 bridgehead atoms. The quantitative estimate of drug-likeness (QED) is 0.0446. The van der Waals surface area contributed by atoms with Gasteiger partial charge in [-0.15, -0.1) is 6.58 Å². The van der Waals surface area contributed by atoms with E-state index in [2.05, 4.69) is 33.4 Å². The Hall–Kier alpha value is -0.260. The third-order valence-electron chi connectivity index (χ3n) is 10.7. The van der Waals surface area contributed by atoms with Crippen LogP contribution < -0.4 is 0 Å². The lowest BCUT2D eigenvalue weighted by Gasteiger charge is -2.04. The number of hydrogen-bond donors (Lipinski definition) is 0. The van der Waals surface area contributed by atoms with Crippen LogP contribution in [0.3, 0.4) is 0 Å². The van der Waals surface area contributed by atoms with E-state index in [9.17, 15) is 0 Å². The van der Waals surface area contributed by atoms with Crippen molar-refractivity contribution in [3.05, 3.63) is 12.7 Å². The van der Waals surface area contributed by atoms with E-state index in [1.54, 1.807) is 0 Å². The topological polar surface area (TPSA) is 0 Å². The second kappa shape index (κ2) is 51.1. The zero-order valence-corrected chi connectivity index (χ0v) is 34.7. The smallest absolute Gasteiger partial charge is 0.0353 e. The standard InChI is InChI=1S/C24H50.C24H48/c2*1-3-5-7-9-11-13-15-17-19-21-23-24-22-20-18-16-14-12-10-8-6-4-2/h3-24H2,1-2H3;3H,1,4-24H2,2H3. The summed E-state index contributed by atoms with van der Waals surface area (Å²) in [5, 5.41) is 0. The first-order chi connectivity index (χ1) is 23.8. The highest BCUT2D eigenvalue weighted by atomic mass is 14.0. The zero-order chi connectivity index (χ0) is 35.1. The molecule has 0 heterocycles. The van der Waals surface area contributed by atoms with E-state index in [0.717, 1.165) is 0 Å². The molecule has 0 saturated heterocycles. The summed E-state index contributed by atoms with van der Waals surface area (Å²) in [5.74, 6) is 0. The van der Waals surface area contributed by atoms with Gasteiger partial charge >= 0.3 is 0 Å². The zero-order valence-electron chi connectivity index (χ0n) is 34.7. The van der Waals surface area contributed by atoms with Crippen LogP contribution in [0.1, 0.15) is 297 Å². The molecular weight excluding hydrogens is 577 g/mol. The van der Waals surface area contributed by atoms with E-state index < -0.39 is 0 Å². The summed E-state index contributed by atoms with van der Waals surface area (Å²) >= 11 is 0. The Balaban J connectivity index is 0. The first-order valence-electron chi connectivity index (χ1n) is 23.4. The van der Waals surface area contributed by atoms with Crippen LogP contribution in [-0.2, 0) is 0 Å². The van der Waals surface area contributed by atoms with Gasteiger partial charge in [0.05, 0.1) is 0 Å². The summed E-state index contributed by atoms with van der Waals surface area (Å²) in [5.41, 5.74) is 0. The van der Waals surface area contributed by atoms with Crippen molar-refractivity contribution in [3.8, 4) is 0 Å². The van der Waals surface area contributed by atoms with Gasteiger partial charge in [0.25, 0.3) is 0 Å². The Bertz CT molecular complexity index is 484. The van der Waals surface area contributed by atoms with Crippen LogP contribution in [0.4, 0.5) is 0 Å². The molecule has 0 amide bonds. The van der Waals surface area contributed by atoms with Gasteiger partial charge in [0.1, 0.15) is 0 Å². The molecule has 290 valence electrons. The van der Waals surface area contributed by atoms with Crippen molar-refractivity contribution in [2.45, 2.75) is 297 Å². The van der Waals surface area contributed by atoms with Gasteiger partial charge in [-0.3, -0.25) is 0 Å². The van der Waals surface area contributed by atoms with Gasteiger partial charge in [-0.05, 0) is 12.8 Å². The average Bonchev–Trinajstić information content (AvgIpc) is 3.10. The lowest BCUT2D eigenvalue weighted by molar-refractivity contribution is 0.520. The number of hydrogen-bond acceptors (Lipinski definition) is 0. The third-order valence-corrected chi connectivity index (χ3v) is 10.7. The molecule has 0 aromatic carbocycles. The van der Waals surface area contributed by atoms with Crippen molar-refractivity contribution in [3.63, 3.8) is 0 Å². The molecule has 0 radical (unpaired) electrons. The van der Waals surface area contributed by atoms with Crippen LogP contribution in [0, 0.1) is 0 Å². The molecule has 0 atom stereocenters. The minimum atomic E-state index is 1.21. The number of allylic oxidation sites excluding steroid dienone is 1. The largest absolute Gasteiger partial charge is 0.103 e. The summed E-state index contributed by atoms with van der Waals surface area (Å²) in [7, 11) is 0. The van der Waals surface area contributed by atoms with Gasteiger partial charge in [-0.2, -0.15) is 0 Å². The molecule has 0 aliphatic rings. The van der Waals surface area contributed by atoms with Crippen molar-refractivity contribution in [1.29, 1.82) is 0 Å². The molecule has 0 N–H and O–H groups in total. The minimum Gasteiger partial charge on any atom is -0.103 e. The first-order valence-corrected chi connectivity index (χ1v) is 23.4. The van der Waals surface area contributed by atoms with E-state index in [0.29, 0.717) is 0 Å². The number of unbranched alkanes of at least 4 members (excludes halogenated alkanes) is 41. The maximum absolute atomic E-state index is 3.78. The van der Waals surface area contributed by atoms with Crippen LogP contribution in [-0.4, -0.2) is 0 Å². The second-order valence-corrected chi connectivity index (χ2v) is 15.9. The highest BCUT2D eigenvalue weighted by molar-refractivity contribution is 4.65. The SMILES string of the molecule is C=CCCCCCCCCCCCCCCCCCCCCCC.CCCCCCCCCCCCCCCCCCCCCCCC. The molecule has 48 heavy (non-hydrogen) atoms. The summed E-state index contributed by atoms with van der Waals surface area (Å²) in [6, 6.07) is 0. The van der Waals surface area contributed by atoms with Gasteiger partial charge in [0, 0.05) is 0 Å². The highest BCUT2D eigenvalue weighted by Gasteiger charge is 1.97. The molecule has 0 rings (SSSR count). The molecule has 0 unspecified atom stereocenters. The lowest BCUT2D eigenvalue weighted by Crippen LogP contribution is -1.84. The summed E-state index contributed by atoms with van der Waals surface area (Å²) < 4.78 is 0. The second-order valence-electron chi connectivity index (χ2n) is 15.9. The predicted molar refractivity (Wildman–Crippen MR) is 226 cm³/mol. The average molecular weight is 675 g/mol. The van der Waals surface area contributed by atoms with Gasteiger partial charge in [-0.25, -0.2) is 0 Å². The molecular formula is C48H98. The normalized spacial score (nSPS) is 11.1. The minimum absolute atomic E-state index is 1.21. The molecule has 0 nitrogen and oxygen atoms in total. The molecule has 0 saturated carbocycles. The van der Waals surface area contributed by atoms with Crippen LogP contribution in [0.15, 0.2) is 12.7 Å². The van der Waals surface area contributed by atoms with Crippen molar-refractivity contribution < 1.29 is 0 Å². The molecule has 0 aliphatic heterocycles. The monoisotopic (exact) mass is 675 g/mol. The van der Waals surface area contributed by atoms with Gasteiger partial charge < -0.3 is 0 Å². The van der Waals surface area contributed by atoms with E-state index in [4.69, 9.17) is 0 Å². The third kappa shape index (κ3) is 52.6. The Morgan fingerprint density at radius 3 is 0.458 bits per heavy atom. The van der Waals surface area contributed by atoms with E-state index in [-0.39, 0.29) is 0 Å². The first kappa shape index (κ1) is 49.9. The summed E-state index contributed by atoms with van der Waals surface area (Å²) in [6.07, 6.45) is 64.8. The molecule has 0 aliphatic carbocycles. The Morgan fingerprint density at radius 1 is 0.208 bits per heavy atom. The molecule has 0 aromatic rings. The van der Waals surface area contributed by atoms with E-state index in [1.807, 2.05) is 0 Å². The van der Waals surface area contributed by atoms with Crippen LogP contribution in [0.2, 0.25) is 0 Å². The van der Waals surface area contributed by atoms with Gasteiger partial charge in [0.15, 0.2) is 0 Å². The van der Waals surface area contributed by atoms with Crippen molar-refractivity contribution in [2.75, 3.05) is 0 Å². The predicted octanol–water partition coefficient (Wildman–Crippen LogP) is 19.0. The van der Waals surface area contributed by atoms with Crippen molar-refractivity contribution in [1.82, 2.24) is 0 Å². The maximum atomic E-state index is 3.78. The van der Waals surface area contributed by atoms with Crippen LogP contribution in [0.25, 0.3) is 0 Å². The lowest BCUT2D eigenvalue weighted by atomic mass is 10.0. The fourth-order valence-electron chi connectivity index (χ4n) is 7.23. The summed E-state index contributed by atoms with van der Waals surface area (Å²) in [4.78, 5) is 0. The van der Waals surface area contributed by atoms with Gasteiger partial charge in [0.2, 0.25) is 0 Å². The highest BCUT2D eigenvalue weighted by Crippen LogP contribution is 2.17. The Morgan fingerprint density at radius 2 is 0.333 bits per heavy atom. The molecule has 0 aromatic heterocycles. The Kier molecular flexibility index (Phi) is 53.1. The summed E-state index contributed by atoms with van der Waals surface area (Å²) in [6.45, 7) is 10.7. The Labute approximate surface area is 308 Å².